The summed E-state index contributed by atoms with van der Waals surface area (Å²) in [7, 11) is 1.48. The zero-order valence-corrected chi connectivity index (χ0v) is 8.58. The summed E-state index contributed by atoms with van der Waals surface area (Å²) in [6.45, 7) is 0. The SMILES string of the molecule is COc1cc(Br)cc(/C=N/N)c1O. The number of hydrogen-bond acceptors (Lipinski definition) is 4. The molecule has 0 unspecified atom stereocenters. The number of hydrogen-bond donors (Lipinski definition) is 2. The standard InChI is InChI=1S/C8H9BrN2O2/c1-13-7-3-6(9)2-5(4-11-10)8(7)12/h2-4,12H,10H2,1H3/b11-4+. The van der Waals surface area contributed by atoms with Gasteiger partial charge in [-0.2, -0.15) is 5.10 Å². The van der Waals surface area contributed by atoms with Crippen LogP contribution in [0.5, 0.6) is 11.5 Å². The lowest BCUT2D eigenvalue weighted by Gasteiger charge is -2.06. The van der Waals surface area contributed by atoms with Crippen molar-refractivity contribution in [3.63, 3.8) is 0 Å². The summed E-state index contributed by atoms with van der Waals surface area (Å²) in [5.41, 5.74) is 0.508. The van der Waals surface area contributed by atoms with Crippen LogP contribution in [-0.4, -0.2) is 18.4 Å². The highest BCUT2D eigenvalue weighted by atomic mass is 79.9. The van der Waals surface area contributed by atoms with E-state index in [2.05, 4.69) is 21.0 Å². The zero-order valence-electron chi connectivity index (χ0n) is 6.99. The first-order valence-corrected chi connectivity index (χ1v) is 4.28. The van der Waals surface area contributed by atoms with Crippen molar-refractivity contribution in [2.24, 2.45) is 10.9 Å². The van der Waals surface area contributed by atoms with Gasteiger partial charge in [-0.05, 0) is 12.1 Å². The Bertz CT molecular complexity index is 339. The monoisotopic (exact) mass is 244 g/mol. The molecule has 0 amide bonds. The molecule has 1 aromatic carbocycles. The van der Waals surface area contributed by atoms with Crippen LogP contribution in [-0.2, 0) is 0 Å². The van der Waals surface area contributed by atoms with Crippen LogP contribution in [0.2, 0.25) is 0 Å². The van der Waals surface area contributed by atoms with E-state index in [4.69, 9.17) is 10.6 Å². The van der Waals surface area contributed by atoms with Gasteiger partial charge in [0.25, 0.3) is 0 Å². The summed E-state index contributed by atoms with van der Waals surface area (Å²) in [6, 6.07) is 3.34. The summed E-state index contributed by atoms with van der Waals surface area (Å²) in [5, 5.41) is 12.9. The van der Waals surface area contributed by atoms with Gasteiger partial charge in [-0.15, -0.1) is 0 Å². The number of aromatic hydroxyl groups is 1. The van der Waals surface area contributed by atoms with Gasteiger partial charge in [0.15, 0.2) is 11.5 Å². The summed E-state index contributed by atoms with van der Waals surface area (Å²) in [5.74, 6) is 5.38. The lowest BCUT2D eigenvalue weighted by Crippen LogP contribution is -1.91. The Hall–Kier alpha value is -1.23. The van der Waals surface area contributed by atoms with Gasteiger partial charge in [0.05, 0.1) is 13.3 Å². The Balaban J connectivity index is 3.26. The normalized spacial score (nSPS) is 10.6. The Morgan fingerprint density at radius 2 is 2.31 bits per heavy atom. The van der Waals surface area contributed by atoms with Crippen LogP contribution in [0.4, 0.5) is 0 Å². The Labute approximate surface area is 84.1 Å². The predicted molar refractivity (Wildman–Crippen MR) is 54.1 cm³/mol. The molecule has 1 aromatic rings. The quantitative estimate of drug-likeness (QED) is 0.470. The lowest BCUT2D eigenvalue weighted by atomic mass is 10.2. The van der Waals surface area contributed by atoms with Gasteiger partial charge in [-0.25, -0.2) is 0 Å². The number of hydrazone groups is 1. The molecule has 0 aliphatic carbocycles. The minimum atomic E-state index is 0.0277. The van der Waals surface area contributed by atoms with Gasteiger partial charge in [0.2, 0.25) is 0 Å². The van der Waals surface area contributed by atoms with Crippen molar-refractivity contribution in [2.75, 3.05) is 7.11 Å². The van der Waals surface area contributed by atoms with Crippen molar-refractivity contribution < 1.29 is 9.84 Å². The van der Waals surface area contributed by atoms with E-state index in [-0.39, 0.29) is 5.75 Å². The fourth-order valence-corrected chi connectivity index (χ4v) is 1.38. The zero-order chi connectivity index (χ0) is 9.84. The van der Waals surface area contributed by atoms with Crippen LogP contribution in [0.3, 0.4) is 0 Å². The van der Waals surface area contributed by atoms with Crippen molar-refractivity contribution in [1.29, 1.82) is 0 Å². The van der Waals surface area contributed by atoms with Crippen molar-refractivity contribution in [3.05, 3.63) is 22.2 Å². The molecule has 0 bridgehead atoms. The number of rotatable bonds is 2. The number of benzene rings is 1. The average molecular weight is 245 g/mol. The molecule has 0 heterocycles. The highest BCUT2D eigenvalue weighted by Gasteiger charge is 2.07. The maximum absolute atomic E-state index is 9.55. The Kier molecular flexibility index (Phi) is 3.13. The molecule has 5 heteroatoms. The van der Waals surface area contributed by atoms with Gasteiger partial charge in [-0.3, -0.25) is 0 Å². The van der Waals surface area contributed by atoms with E-state index in [0.717, 1.165) is 4.47 Å². The Morgan fingerprint density at radius 3 is 2.85 bits per heavy atom. The average Bonchev–Trinajstić information content (AvgIpc) is 2.11. The number of phenols is 1. The molecular weight excluding hydrogens is 236 g/mol. The summed E-state index contributed by atoms with van der Waals surface area (Å²) >= 11 is 3.26. The first-order valence-electron chi connectivity index (χ1n) is 3.48. The van der Waals surface area contributed by atoms with E-state index < -0.39 is 0 Å². The molecule has 0 atom stereocenters. The predicted octanol–water partition coefficient (Wildman–Crippen LogP) is 1.46. The number of halogens is 1. The maximum Gasteiger partial charge on any atom is 0.166 e. The third kappa shape index (κ3) is 2.12. The fourth-order valence-electron chi connectivity index (χ4n) is 0.929. The van der Waals surface area contributed by atoms with Gasteiger partial charge < -0.3 is 15.7 Å². The second kappa shape index (κ2) is 4.13. The van der Waals surface area contributed by atoms with Crippen molar-refractivity contribution in [3.8, 4) is 11.5 Å². The van der Waals surface area contributed by atoms with Crippen LogP contribution in [0.25, 0.3) is 0 Å². The van der Waals surface area contributed by atoms with Gasteiger partial charge in [0, 0.05) is 10.0 Å². The first kappa shape index (κ1) is 9.85. The second-order valence-corrected chi connectivity index (χ2v) is 3.24. The minimum Gasteiger partial charge on any atom is -0.504 e. The number of ether oxygens (including phenoxy) is 1. The van der Waals surface area contributed by atoms with Gasteiger partial charge in [-0.1, -0.05) is 15.9 Å². The van der Waals surface area contributed by atoms with E-state index >= 15 is 0 Å². The largest absolute Gasteiger partial charge is 0.504 e. The second-order valence-electron chi connectivity index (χ2n) is 2.32. The van der Waals surface area contributed by atoms with Crippen molar-refractivity contribution in [1.82, 2.24) is 0 Å². The molecule has 3 N–H and O–H groups in total. The van der Waals surface area contributed by atoms with Crippen LogP contribution in [0.1, 0.15) is 5.56 Å². The smallest absolute Gasteiger partial charge is 0.166 e. The van der Waals surface area contributed by atoms with Crippen LogP contribution in [0, 0.1) is 0 Å². The fraction of sp³-hybridized carbons (Fsp3) is 0.125. The molecule has 1 rings (SSSR count). The minimum absolute atomic E-state index is 0.0277. The van der Waals surface area contributed by atoms with E-state index in [1.54, 1.807) is 12.1 Å². The lowest BCUT2D eigenvalue weighted by molar-refractivity contribution is 0.373. The molecule has 0 aliphatic heterocycles. The van der Waals surface area contributed by atoms with Crippen LogP contribution in [0.15, 0.2) is 21.7 Å². The van der Waals surface area contributed by atoms with Crippen molar-refractivity contribution in [2.45, 2.75) is 0 Å². The topological polar surface area (TPSA) is 67.8 Å². The molecule has 70 valence electrons. The number of phenolic OH excluding ortho intramolecular Hbond substituents is 1. The molecule has 0 spiro atoms. The van der Waals surface area contributed by atoms with E-state index in [0.29, 0.717) is 11.3 Å². The van der Waals surface area contributed by atoms with E-state index in [9.17, 15) is 5.11 Å². The number of nitrogens with two attached hydrogens (primary N) is 1. The highest BCUT2D eigenvalue weighted by Crippen LogP contribution is 2.32. The summed E-state index contributed by atoms with van der Waals surface area (Å²) in [4.78, 5) is 0. The summed E-state index contributed by atoms with van der Waals surface area (Å²) < 4.78 is 5.72. The molecule has 13 heavy (non-hydrogen) atoms. The highest BCUT2D eigenvalue weighted by molar-refractivity contribution is 9.10. The third-order valence-electron chi connectivity index (χ3n) is 1.50. The third-order valence-corrected chi connectivity index (χ3v) is 1.96. The molecule has 0 aromatic heterocycles. The van der Waals surface area contributed by atoms with E-state index in [1.165, 1.54) is 13.3 Å². The molecule has 0 aliphatic rings. The molecule has 0 fully saturated rings. The van der Waals surface area contributed by atoms with Crippen LogP contribution >= 0.6 is 15.9 Å². The van der Waals surface area contributed by atoms with Crippen LogP contribution < -0.4 is 10.6 Å². The molecule has 4 nitrogen and oxygen atoms in total. The summed E-state index contributed by atoms with van der Waals surface area (Å²) in [6.07, 6.45) is 1.35. The number of nitrogens with zero attached hydrogens (tertiary/aromatic N) is 1. The molecule has 0 radical (unpaired) electrons. The number of methoxy groups -OCH3 is 1. The van der Waals surface area contributed by atoms with Crippen molar-refractivity contribution >= 4 is 22.1 Å². The van der Waals surface area contributed by atoms with Gasteiger partial charge in [0.1, 0.15) is 0 Å². The molecular formula is C8H9BrN2O2. The molecule has 0 saturated carbocycles. The first-order chi connectivity index (χ1) is 6.19. The molecule has 0 saturated heterocycles. The maximum atomic E-state index is 9.55. The van der Waals surface area contributed by atoms with E-state index in [1.807, 2.05) is 0 Å². The van der Waals surface area contributed by atoms with Gasteiger partial charge >= 0.3 is 0 Å². The Morgan fingerprint density at radius 1 is 1.62 bits per heavy atom.